The number of amides is 1. The number of rotatable bonds is 4. The van der Waals surface area contributed by atoms with E-state index < -0.39 is 35.8 Å². The lowest BCUT2D eigenvalue weighted by atomic mass is 9.94. The SMILES string of the molecule is CCOC(=O)C1(NC(=O)C(F)(F)F)Cc2cc(OC)ccc2C1=O. The number of nitrogens with one attached hydrogen (secondary N) is 1. The molecule has 2 rings (SSSR count). The third kappa shape index (κ3) is 2.93. The Morgan fingerprint density at radius 3 is 2.54 bits per heavy atom. The van der Waals surface area contributed by atoms with Gasteiger partial charge in [0.05, 0.1) is 13.7 Å². The largest absolute Gasteiger partial charge is 0.497 e. The van der Waals surface area contributed by atoms with Gasteiger partial charge in [0, 0.05) is 12.0 Å². The smallest absolute Gasteiger partial charge is 0.471 e. The van der Waals surface area contributed by atoms with Gasteiger partial charge >= 0.3 is 18.1 Å². The van der Waals surface area contributed by atoms with Gasteiger partial charge in [0.15, 0.2) is 5.78 Å². The van der Waals surface area contributed by atoms with Crippen molar-refractivity contribution in [3.8, 4) is 5.75 Å². The molecule has 1 N–H and O–H groups in total. The Kier molecular flexibility index (Phi) is 4.54. The van der Waals surface area contributed by atoms with E-state index in [-0.39, 0.29) is 17.7 Å². The molecule has 1 aromatic rings. The van der Waals surface area contributed by atoms with Crippen molar-refractivity contribution < 1.29 is 37.0 Å². The van der Waals surface area contributed by atoms with Crippen LogP contribution in [0.5, 0.6) is 5.75 Å². The number of ether oxygens (including phenoxy) is 2. The minimum absolute atomic E-state index is 0.0336. The van der Waals surface area contributed by atoms with Crippen molar-refractivity contribution in [2.24, 2.45) is 0 Å². The van der Waals surface area contributed by atoms with Crippen LogP contribution in [0.2, 0.25) is 0 Å². The molecule has 0 bridgehead atoms. The van der Waals surface area contributed by atoms with Crippen molar-refractivity contribution >= 4 is 17.7 Å². The van der Waals surface area contributed by atoms with Gasteiger partial charge in [-0.15, -0.1) is 0 Å². The van der Waals surface area contributed by atoms with Crippen LogP contribution in [0.15, 0.2) is 18.2 Å². The fraction of sp³-hybridized carbons (Fsp3) is 0.400. The van der Waals surface area contributed by atoms with E-state index in [2.05, 4.69) is 0 Å². The predicted octanol–water partition coefficient (Wildman–Crippen LogP) is 1.41. The van der Waals surface area contributed by atoms with Crippen molar-refractivity contribution in [3.63, 3.8) is 0 Å². The number of hydrogen-bond acceptors (Lipinski definition) is 5. The van der Waals surface area contributed by atoms with Crippen molar-refractivity contribution in [1.82, 2.24) is 5.32 Å². The summed E-state index contributed by atoms with van der Waals surface area (Å²) >= 11 is 0. The summed E-state index contributed by atoms with van der Waals surface area (Å²) in [5, 5.41) is 1.52. The minimum atomic E-state index is -5.24. The summed E-state index contributed by atoms with van der Waals surface area (Å²) < 4.78 is 47.5. The lowest BCUT2D eigenvalue weighted by molar-refractivity contribution is -0.177. The fourth-order valence-corrected chi connectivity index (χ4v) is 2.50. The third-order valence-electron chi connectivity index (χ3n) is 3.61. The molecule has 1 unspecified atom stereocenters. The number of alkyl halides is 3. The van der Waals surface area contributed by atoms with Crippen molar-refractivity contribution in [3.05, 3.63) is 29.3 Å². The van der Waals surface area contributed by atoms with E-state index in [9.17, 15) is 27.6 Å². The zero-order valence-corrected chi connectivity index (χ0v) is 12.8. The maximum absolute atomic E-state index is 12.6. The molecule has 0 fully saturated rings. The third-order valence-corrected chi connectivity index (χ3v) is 3.61. The second-order valence-electron chi connectivity index (χ2n) is 5.11. The molecule has 0 aromatic heterocycles. The first-order chi connectivity index (χ1) is 11.2. The van der Waals surface area contributed by atoms with Crippen LogP contribution in [0.1, 0.15) is 22.8 Å². The standard InChI is InChI=1S/C15H14F3NO5/c1-3-24-13(22)14(19-12(21)15(16,17)18)7-8-6-9(23-2)4-5-10(8)11(14)20/h4-6H,3,7H2,1-2H3,(H,19,21). The molecule has 1 atom stereocenters. The number of benzene rings is 1. The molecule has 6 nitrogen and oxygen atoms in total. The van der Waals surface area contributed by atoms with Crippen LogP contribution in [0.3, 0.4) is 0 Å². The first-order valence-corrected chi connectivity index (χ1v) is 6.94. The summed E-state index contributed by atoms with van der Waals surface area (Å²) in [4.78, 5) is 36.1. The quantitative estimate of drug-likeness (QED) is 0.659. The molecular formula is C15H14F3NO5. The highest BCUT2D eigenvalue weighted by molar-refractivity contribution is 6.21. The molecule has 0 saturated carbocycles. The number of methoxy groups -OCH3 is 1. The second kappa shape index (κ2) is 6.14. The first kappa shape index (κ1) is 17.8. The Labute approximate surface area is 134 Å². The van der Waals surface area contributed by atoms with Crippen molar-refractivity contribution in [1.29, 1.82) is 0 Å². The summed E-state index contributed by atoms with van der Waals surface area (Å²) in [5.41, 5.74) is -2.11. The highest BCUT2D eigenvalue weighted by atomic mass is 19.4. The molecule has 130 valence electrons. The van der Waals surface area contributed by atoms with Crippen LogP contribution in [0.25, 0.3) is 0 Å². The molecule has 1 aliphatic carbocycles. The number of carbonyl (C=O) groups excluding carboxylic acids is 3. The molecule has 0 heterocycles. The topological polar surface area (TPSA) is 81.7 Å². The molecule has 1 aliphatic rings. The fourth-order valence-electron chi connectivity index (χ4n) is 2.50. The van der Waals surface area contributed by atoms with E-state index in [1.807, 2.05) is 0 Å². The molecule has 0 aliphatic heterocycles. The predicted molar refractivity (Wildman–Crippen MR) is 74.6 cm³/mol. The molecule has 0 saturated heterocycles. The Morgan fingerprint density at radius 2 is 2.00 bits per heavy atom. The Morgan fingerprint density at radius 1 is 1.33 bits per heavy atom. The summed E-state index contributed by atoms with van der Waals surface area (Å²) in [6, 6.07) is 4.19. The summed E-state index contributed by atoms with van der Waals surface area (Å²) in [6.07, 6.45) is -5.69. The highest BCUT2D eigenvalue weighted by Gasteiger charge is 2.57. The number of Topliss-reactive ketones (excluding diaryl/α,β-unsaturated/α-hetero) is 1. The van der Waals surface area contributed by atoms with E-state index in [1.165, 1.54) is 37.5 Å². The first-order valence-electron chi connectivity index (χ1n) is 6.94. The van der Waals surface area contributed by atoms with Gasteiger partial charge in [-0.2, -0.15) is 13.2 Å². The molecule has 0 radical (unpaired) electrons. The normalized spacial score (nSPS) is 19.6. The summed E-state index contributed by atoms with van der Waals surface area (Å²) in [6.45, 7) is 1.28. The van der Waals surface area contributed by atoms with Gasteiger partial charge in [-0.25, -0.2) is 4.79 Å². The van der Waals surface area contributed by atoms with E-state index in [4.69, 9.17) is 9.47 Å². The Bertz CT molecular complexity index is 701. The van der Waals surface area contributed by atoms with E-state index >= 15 is 0 Å². The maximum Gasteiger partial charge on any atom is 0.471 e. The van der Waals surface area contributed by atoms with Crippen LogP contribution in [0.4, 0.5) is 13.2 Å². The van der Waals surface area contributed by atoms with Crippen LogP contribution in [-0.4, -0.2) is 43.1 Å². The number of hydrogen-bond donors (Lipinski definition) is 1. The zero-order chi connectivity index (χ0) is 18.1. The van der Waals surface area contributed by atoms with Gasteiger partial charge in [0.2, 0.25) is 5.54 Å². The molecule has 24 heavy (non-hydrogen) atoms. The van der Waals surface area contributed by atoms with Crippen LogP contribution in [0, 0.1) is 0 Å². The van der Waals surface area contributed by atoms with Gasteiger partial charge in [-0.3, -0.25) is 9.59 Å². The molecule has 0 spiro atoms. The molecule has 9 heteroatoms. The second-order valence-corrected chi connectivity index (χ2v) is 5.11. The van der Waals surface area contributed by atoms with Crippen LogP contribution >= 0.6 is 0 Å². The van der Waals surface area contributed by atoms with Crippen molar-refractivity contribution in [2.75, 3.05) is 13.7 Å². The monoisotopic (exact) mass is 345 g/mol. The van der Waals surface area contributed by atoms with Gasteiger partial charge in [-0.05, 0) is 30.7 Å². The minimum Gasteiger partial charge on any atom is -0.497 e. The van der Waals surface area contributed by atoms with E-state index in [1.54, 1.807) is 0 Å². The van der Waals surface area contributed by atoms with Crippen LogP contribution in [-0.2, 0) is 20.7 Å². The summed E-state index contributed by atoms with van der Waals surface area (Å²) in [5.74, 6) is -4.20. The lowest BCUT2D eigenvalue weighted by Gasteiger charge is -2.26. The Hall–Kier alpha value is -2.58. The van der Waals surface area contributed by atoms with Crippen molar-refractivity contribution in [2.45, 2.75) is 25.1 Å². The summed E-state index contributed by atoms with van der Waals surface area (Å²) in [7, 11) is 1.38. The number of carbonyl (C=O) groups is 3. The van der Waals surface area contributed by atoms with Gasteiger partial charge < -0.3 is 14.8 Å². The average molecular weight is 345 g/mol. The Balaban J connectivity index is 2.47. The van der Waals surface area contributed by atoms with Gasteiger partial charge in [-0.1, -0.05) is 0 Å². The van der Waals surface area contributed by atoms with Crippen LogP contribution < -0.4 is 10.1 Å². The van der Waals surface area contributed by atoms with E-state index in [0.717, 1.165) is 0 Å². The highest BCUT2D eigenvalue weighted by Crippen LogP contribution is 2.34. The van der Waals surface area contributed by atoms with Gasteiger partial charge in [0.1, 0.15) is 5.75 Å². The average Bonchev–Trinajstić information content (AvgIpc) is 2.79. The zero-order valence-electron chi connectivity index (χ0n) is 12.8. The number of halogens is 3. The van der Waals surface area contributed by atoms with E-state index in [0.29, 0.717) is 5.75 Å². The lowest BCUT2D eigenvalue weighted by Crippen LogP contribution is -2.62. The number of fused-ring (bicyclic) bond motifs is 1. The number of ketones is 1. The molecule has 1 aromatic carbocycles. The number of esters is 1. The maximum atomic E-state index is 12.6. The van der Waals surface area contributed by atoms with Gasteiger partial charge in [0.25, 0.3) is 0 Å². The molecular weight excluding hydrogens is 331 g/mol. The molecule has 1 amide bonds.